The number of ether oxygens (including phenoxy) is 1. The molecule has 0 heterocycles. The second-order valence-corrected chi connectivity index (χ2v) is 6.20. The normalized spacial score (nSPS) is 10.9. The van der Waals surface area contributed by atoms with Crippen molar-refractivity contribution in [3.05, 3.63) is 29.8 Å². The van der Waals surface area contributed by atoms with Gasteiger partial charge in [-0.05, 0) is 31.0 Å². The zero-order chi connectivity index (χ0) is 17.3. The van der Waals surface area contributed by atoms with E-state index in [-0.39, 0.29) is 4.90 Å². The van der Waals surface area contributed by atoms with Crippen molar-refractivity contribution in [1.29, 1.82) is 0 Å². The predicted molar refractivity (Wildman–Crippen MR) is 82.7 cm³/mol. The van der Waals surface area contributed by atoms with Crippen molar-refractivity contribution >= 4 is 22.0 Å². The molecule has 1 rings (SSSR count). The molecule has 0 unspecified atom stereocenters. The van der Waals surface area contributed by atoms with Crippen molar-refractivity contribution in [2.24, 2.45) is 5.84 Å². The first kappa shape index (κ1) is 18.9. The van der Waals surface area contributed by atoms with Crippen LogP contribution in [0, 0.1) is 0 Å². The molecular weight excluding hydrogens is 324 g/mol. The molecule has 23 heavy (non-hydrogen) atoms. The van der Waals surface area contributed by atoms with Gasteiger partial charge in [0.15, 0.2) is 0 Å². The van der Waals surface area contributed by atoms with Gasteiger partial charge in [-0.1, -0.05) is 12.1 Å². The fourth-order valence-electron chi connectivity index (χ4n) is 1.62. The summed E-state index contributed by atoms with van der Waals surface area (Å²) in [6, 6.07) is 6.10. The summed E-state index contributed by atoms with van der Waals surface area (Å²) in [5.74, 6) is 4.23. The average molecular weight is 344 g/mol. The molecule has 1 aromatic rings. The van der Waals surface area contributed by atoms with Gasteiger partial charge in [-0.2, -0.15) is 0 Å². The molecule has 0 fully saturated rings. The van der Waals surface area contributed by atoms with E-state index in [9.17, 15) is 18.0 Å². The second-order valence-electron chi connectivity index (χ2n) is 4.43. The van der Waals surface area contributed by atoms with E-state index < -0.39 is 28.6 Å². The zero-order valence-corrected chi connectivity index (χ0v) is 13.5. The number of hydrogen-bond donors (Lipinski definition) is 4. The Balaban J connectivity index is 2.55. The highest BCUT2D eigenvalue weighted by Crippen LogP contribution is 2.10. The number of rotatable bonds is 8. The molecule has 0 aliphatic heterocycles. The highest BCUT2D eigenvalue weighted by Gasteiger charge is 2.14. The summed E-state index contributed by atoms with van der Waals surface area (Å²) in [6.07, 6.45) is 0.0383. The lowest BCUT2D eigenvalue weighted by Crippen LogP contribution is -2.40. The van der Waals surface area contributed by atoms with E-state index >= 15 is 0 Å². The lowest BCUT2D eigenvalue weighted by atomic mass is 10.1. The van der Waals surface area contributed by atoms with Gasteiger partial charge < -0.3 is 10.1 Å². The standard InChI is InChI=1S/C13H20N4O5S/c1-2-22-13(19)15-8-7-10-3-5-11(6-4-10)23(20,21)16-9-12(18)17-14/h3-6,16H,2,7-9,14H2,1H3,(H,15,19)(H,17,18). The van der Waals surface area contributed by atoms with Gasteiger partial charge in [-0.25, -0.2) is 23.8 Å². The predicted octanol–water partition coefficient (Wildman–Crippen LogP) is -0.757. The lowest BCUT2D eigenvalue weighted by Gasteiger charge is -2.08. The van der Waals surface area contributed by atoms with Crippen LogP contribution in [-0.2, 0) is 26.0 Å². The third-order valence-electron chi connectivity index (χ3n) is 2.78. The third-order valence-corrected chi connectivity index (χ3v) is 4.19. The maximum absolute atomic E-state index is 11.9. The van der Waals surface area contributed by atoms with Crippen LogP contribution in [-0.4, -0.2) is 40.1 Å². The summed E-state index contributed by atoms with van der Waals surface area (Å²) in [4.78, 5) is 22.1. The summed E-state index contributed by atoms with van der Waals surface area (Å²) in [5.41, 5.74) is 2.68. The Morgan fingerprint density at radius 1 is 1.22 bits per heavy atom. The van der Waals surface area contributed by atoms with E-state index in [0.717, 1.165) is 5.56 Å². The molecule has 0 atom stereocenters. The number of carbonyl (C=O) groups is 2. The molecule has 2 amide bonds. The van der Waals surface area contributed by atoms with Gasteiger partial charge in [0.05, 0.1) is 18.0 Å². The van der Waals surface area contributed by atoms with Crippen LogP contribution >= 0.6 is 0 Å². The largest absolute Gasteiger partial charge is 0.450 e. The Bertz CT molecular complexity index is 630. The average Bonchev–Trinajstić information content (AvgIpc) is 2.53. The number of hydrazine groups is 1. The van der Waals surface area contributed by atoms with Gasteiger partial charge in [0.25, 0.3) is 0 Å². The van der Waals surface area contributed by atoms with Crippen molar-refractivity contribution in [3.63, 3.8) is 0 Å². The molecular formula is C13H20N4O5S. The number of hydrogen-bond acceptors (Lipinski definition) is 6. The molecule has 1 aromatic carbocycles. The Kier molecular flexibility index (Phi) is 7.45. The number of carbonyl (C=O) groups excluding carboxylic acids is 2. The Morgan fingerprint density at radius 3 is 2.43 bits per heavy atom. The van der Waals surface area contributed by atoms with Gasteiger partial charge in [-0.15, -0.1) is 0 Å². The Labute approximate surface area is 134 Å². The van der Waals surface area contributed by atoms with E-state index in [1.54, 1.807) is 19.1 Å². The Hall–Kier alpha value is -2.17. The van der Waals surface area contributed by atoms with Crippen LogP contribution in [0.3, 0.4) is 0 Å². The zero-order valence-electron chi connectivity index (χ0n) is 12.7. The van der Waals surface area contributed by atoms with Crippen LogP contribution < -0.4 is 21.3 Å². The second kappa shape index (κ2) is 9.08. The number of benzene rings is 1. The van der Waals surface area contributed by atoms with Crippen molar-refractivity contribution in [1.82, 2.24) is 15.5 Å². The fraction of sp³-hybridized carbons (Fsp3) is 0.385. The molecule has 0 bridgehead atoms. The molecule has 0 aromatic heterocycles. The molecule has 5 N–H and O–H groups in total. The fourth-order valence-corrected chi connectivity index (χ4v) is 2.60. The van der Waals surface area contributed by atoms with Crippen molar-refractivity contribution in [3.8, 4) is 0 Å². The number of alkyl carbamates (subject to hydrolysis) is 1. The van der Waals surface area contributed by atoms with Crippen LogP contribution in [0.1, 0.15) is 12.5 Å². The minimum atomic E-state index is -3.78. The van der Waals surface area contributed by atoms with E-state index in [1.807, 2.05) is 5.43 Å². The van der Waals surface area contributed by atoms with Crippen molar-refractivity contribution in [2.45, 2.75) is 18.2 Å². The molecule has 9 nitrogen and oxygen atoms in total. The SMILES string of the molecule is CCOC(=O)NCCc1ccc(S(=O)(=O)NCC(=O)NN)cc1. The van der Waals surface area contributed by atoms with Gasteiger partial charge in [0, 0.05) is 6.54 Å². The van der Waals surface area contributed by atoms with E-state index in [4.69, 9.17) is 10.6 Å². The molecule has 0 aliphatic rings. The van der Waals surface area contributed by atoms with E-state index in [2.05, 4.69) is 10.0 Å². The van der Waals surface area contributed by atoms with Crippen molar-refractivity contribution in [2.75, 3.05) is 19.7 Å². The summed E-state index contributed by atoms with van der Waals surface area (Å²) in [6.45, 7) is 1.95. The van der Waals surface area contributed by atoms with Gasteiger partial charge in [0.1, 0.15) is 0 Å². The van der Waals surface area contributed by atoms with Crippen LogP contribution in [0.5, 0.6) is 0 Å². The maximum Gasteiger partial charge on any atom is 0.407 e. The topological polar surface area (TPSA) is 140 Å². The third kappa shape index (κ3) is 6.63. The maximum atomic E-state index is 11.9. The molecule has 0 spiro atoms. The van der Waals surface area contributed by atoms with Crippen molar-refractivity contribution < 1.29 is 22.7 Å². The summed E-state index contributed by atoms with van der Waals surface area (Å²) < 4.78 is 30.7. The van der Waals surface area contributed by atoms with Crippen LogP contribution in [0.4, 0.5) is 4.79 Å². The van der Waals surface area contributed by atoms with Crippen LogP contribution in [0.15, 0.2) is 29.2 Å². The van der Waals surface area contributed by atoms with Gasteiger partial charge in [0.2, 0.25) is 15.9 Å². The van der Waals surface area contributed by atoms with E-state index in [0.29, 0.717) is 19.6 Å². The smallest absolute Gasteiger partial charge is 0.407 e. The summed E-state index contributed by atoms with van der Waals surface area (Å²) in [5, 5.41) is 2.57. The number of amides is 2. The minimum absolute atomic E-state index is 0.0319. The first-order valence-corrected chi connectivity index (χ1v) is 8.36. The molecule has 0 radical (unpaired) electrons. The number of nitrogens with two attached hydrogens (primary N) is 1. The first-order chi connectivity index (χ1) is 10.9. The molecule has 128 valence electrons. The monoisotopic (exact) mass is 344 g/mol. The number of nitrogens with one attached hydrogen (secondary N) is 3. The summed E-state index contributed by atoms with van der Waals surface area (Å²) >= 11 is 0. The minimum Gasteiger partial charge on any atom is -0.450 e. The van der Waals surface area contributed by atoms with Crippen LogP contribution in [0.25, 0.3) is 0 Å². The van der Waals surface area contributed by atoms with Gasteiger partial charge >= 0.3 is 6.09 Å². The van der Waals surface area contributed by atoms with E-state index in [1.165, 1.54) is 12.1 Å². The molecule has 10 heteroatoms. The van der Waals surface area contributed by atoms with Gasteiger partial charge in [-0.3, -0.25) is 10.2 Å². The number of sulfonamides is 1. The molecule has 0 saturated carbocycles. The van der Waals surface area contributed by atoms with Crippen LogP contribution in [0.2, 0.25) is 0 Å². The summed E-state index contributed by atoms with van der Waals surface area (Å²) in [7, 11) is -3.78. The highest BCUT2D eigenvalue weighted by atomic mass is 32.2. The first-order valence-electron chi connectivity index (χ1n) is 6.87. The molecule has 0 saturated heterocycles. The lowest BCUT2D eigenvalue weighted by molar-refractivity contribution is -0.120. The quantitative estimate of drug-likeness (QED) is 0.278. The highest BCUT2D eigenvalue weighted by molar-refractivity contribution is 7.89. The molecule has 0 aliphatic carbocycles. The Morgan fingerprint density at radius 2 is 1.87 bits per heavy atom.